The van der Waals surface area contributed by atoms with Crippen LogP contribution in [0.5, 0.6) is 0 Å². The number of anilines is 1. The van der Waals surface area contributed by atoms with Crippen molar-refractivity contribution in [2.75, 3.05) is 11.4 Å². The molecule has 0 radical (unpaired) electrons. The number of aliphatic imine (C=N–C) groups is 1. The van der Waals surface area contributed by atoms with Gasteiger partial charge in [-0.25, -0.2) is 0 Å². The van der Waals surface area contributed by atoms with Crippen LogP contribution in [0.15, 0.2) is 29.3 Å². The van der Waals surface area contributed by atoms with Gasteiger partial charge in [-0.05, 0) is 37.8 Å². The molecule has 1 aromatic carbocycles. The molecule has 1 heterocycles. The van der Waals surface area contributed by atoms with Crippen molar-refractivity contribution in [3.8, 4) is 0 Å². The molecule has 3 rings (SSSR count). The Kier molecular flexibility index (Phi) is 3.63. The smallest absolute Gasteiger partial charge is 0.196 e. The Bertz CT molecular complexity index is 522. The Morgan fingerprint density at radius 1 is 1.25 bits per heavy atom. The van der Waals surface area contributed by atoms with Crippen LogP contribution in [0.1, 0.15) is 39.0 Å². The molecular formula is C16H22ClN3. The predicted molar refractivity (Wildman–Crippen MR) is 85.4 cm³/mol. The summed E-state index contributed by atoms with van der Waals surface area (Å²) in [7, 11) is 0. The number of benzene rings is 1. The molecule has 1 atom stereocenters. The van der Waals surface area contributed by atoms with Crippen molar-refractivity contribution in [2.24, 2.45) is 16.6 Å². The van der Waals surface area contributed by atoms with Crippen LogP contribution in [-0.2, 0) is 0 Å². The topological polar surface area (TPSA) is 41.6 Å². The van der Waals surface area contributed by atoms with E-state index in [1.807, 2.05) is 24.3 Å². The fourth-order valence-electron chi connectivity index (χ4n) is 3.71. The summed E-state index contributed by atoms with van der Waals surface area (Å²) in [5, 5.41) is 0.745. The Morgan fingerprint density at radius 3 is 2.65 bits per heavy atom. The van der Waals surface area contributed by atoms with Crippen molar-refractivity contribution in [3.63, 3.8) is 0 Å². The quantitative estimate of drug-likeness (QED) is 0.900. The third-order valence-corrected chi connectivity index (χ3v) is 5.20. The van der Waals surface area contributed by atoms with Gasteiger partial charge in [0.05, 0.1) is 22.8 Å². The van der Waals surface area contributed by atoms with Crippen LogP contribution in [0.3, 0.4) is 0 Å². The molecule has 0 spiro atoms. The molecule has 0 amide bonds. The highest BCUT2D eigenvalue weighted by Crippen LogP contribution is 2.42. The van der Waals surface area contributed by atoms with Gasteiger partial charge in [-0.1, -0.05) is 43.0 Å². The van der Waals surface area contributed by atoms with Crippen molar-refractivity contribution in [3.05, 3.63) is 29.3 Å². The lowest BCUT2D eigenvalue weighted by Crippen LogP contribution is -2.55. The third kappa shape index (κ3) is 2.18. The van der Waals surface area contributed by atoms with E-state index in [-0.39, 0.29) is 5.54 Å². The van der Waals surface area contributed by atoms with Crippen molar-refractivity contribution in [1.29, 1.82) is 0 Å². The van der Waals surface area contributed by atoms with E-state index >= 15 is 0 Å². The first-order chi connectivity index (χ1) is 9.63. The van der Waals surface area contributed by atoms with Crippen molar-refractivity contribution < 1.29 is 0 Å². The molecule has 0 saturated heterocycles. The van der Waals surface area contributed by atoms with Gasteiger partial charge in [0.25, 0.3) is 0 Å². The van der Waals surface area contributed by atoms with Gasteiger partial charge in [0.15, 0.2) is 5.96 Å². The Hall–Kier alpha value is -1.22. The van der Waals surface area contributed by atoms with E-state index in [1.165, 1.54) is 32.1 Å². The average Bonchev–Trinajstić information content (AvgIpc) is 2.78. The normalized spacial score (nSPS) is 27.7. The van der Waals surface area contributed by atoms with E-state index in [0.717, 1.165) is 17.3 Å². The zero-order chi connectivity index (χ0) is 14.2. The fourth-order valence-corrected chi connectivity index (χ4v) is 3.93. The molecule has 108 valence electrons. The molecule has 1 aliphatic carbocycles. The van der Waals surface area contributed by atoms with E-state index in [4.69, 9.17) is 17.3 Å². The van der Waals surface area contributed by atoms with Gasteiger partial charge in [-0.3, -0.25) is 4.99 Å². The summed E-state index contributed by atoms with van der Waals surface area (Å²) in [6.45, 7) is 3.06. The molecule has 2 N–H and O–H groups in total. The zero-order valence-corrected chi connectivity index (χ0v) is 12.7. The molecule has 0 bridgehead atoms. The number of halogens is 1. The number of rotatable bonds is 2. The number of nitrogens with two attached hydrogens (primary N) is 1. The molecule has 4 heteroatoms. The summed E-state index contributed by atoms with van der Waals surface area (Å²) in [4.78, 5) is 6.70. The van der Waals surface area contributed by atoms with Crippen LogP contribution < -0.4 is 10.6 Å². The molecule has 1 unspecified atom stereocenters. The van der Waals surface area contributed by atoms with E-state index in [9.17, 15) is 0 Å². The van der Waals surface area contributed by atoms with Gasteiger partial charge in [0.1, 0.15) is 0 Å². The van der Waals surface area contributed by atoms with Crippen LogP contribution >= 0.6 is 11.6 Å². The SMILES string of the molecule is CC1(C2CCCCC2)CN=C(N)N1c1ccccc1Cl. The Morgan fingerprint density at radius 2 is 1.95 bits per heavy atom. The second-order valence-corrected chi connectivity index (χ2v) is 6.56. The second-order valence-electron chi connectivity index (χ2n) is 6.15. The van der Waals surface area contributed by atoms with Gasteiger partial charge < -0.3 is 10.6 Å². The lowest BCUT2D eigenvalue weighted by Gasteiger charge is -2.44. The zero-order valence-electron chi connectivity index (χ0n) is 12.0. The minimum atomic E-state index is -0.0322. The maximum atomic E-state index is 6.38. The van der Waals surface area contributed by atoms with Gasteiger partial charge in [-0.15, -0.1) is 0 Å². The van der Waals surface area contributed by atoms with Crippen molar-refractivity contribution >= 4 is 23.2 Å². The molecule has 1 aliphatic heterocycles. The molecule has 1 fully saturated rings. The van der Waals surface area contributed by atoms with Gasteiger partial charge in [-0.2, -0.15) is 0 Å². The number of hydrogen-bond donors (Lipinski definition) is 1. The number of guanidine groups is 1. The third-order valence-electron chi connectivity index (χ3n) is 4.88. The largest absolute Gasteiger partial charge is 0.369 e. The molecular weight excluding hydrogens is 270 g/mol. The standard InChI is InChI=1S/C16H22ClN3/c1-16(12-7-3-2-4-8-12)11-19-15(18)20(16)14-10-6-5-9-13(14)17/h5-6,9-10,12H,2-4,7-8,11H2,1H3,(H2,18,19). The predicted octanol–water partition coefficient (Wildman–Crippen LogP) is 3.81. The maximum Gasteiger partial charge on any atom is 0.196 e. The summed E-state index contributed by atoms with van der Waals surface area (Å²) in [6.07, 6.45) is 6.52. The molecule has 3 nitrogen and oxygen atoms in total. The first-order valence-electron chi connectivity index (χ1n) is 7.47. The Labute approximate surface area is 125 Å². The lowest BCUT2D eigenvalue weighted by molar-refractivity contribution is 0.238. The number of nitrogens with zero attached hydrogens (tertiary/aromatic N) is 2. The number of hydrogen-bond acceptors (Lipinski definition) is 3. The summed E-state index contributed by atoms with van der Waals surface area (Å²) in [5.74, 6) is 1.24. The molecule has 1 saturated carbocycles. The molecule has 2 aliphatic rings. The van der Waals surface area contributed by atoms with Gasteiger partial charge >= 0.3 is 0 Å². The van der Waals surface area contributed by atoms with Crippen LogP contribution in [-0.4, -0.2) is 18.0 Å². The minimum Gasteiger partial charge on any atom is -0.369 e. The first-order valence-corrected chi connectivity index (χ1v) is 7.85. The Balaban J connectivity index is 1.97. The summed E-state index contributed by atoms with van der Waals surface area (Å²) < 4.78 is 0. The van der Waals surface area contributed by atoms with E-state index in [0.29, 0.717) is 11.9 Å². The highest BCUT2D eigenvalue weighted by atomic mass is 35.5. The first kappa shape index (κ1) is 13.7. The summed E-state index contributed by atoms with van der Waals surface area (Å²) in [5.41, 5.74) is 7.13. The van der Waals surface area contributed by atoms with E-state index in [1.54, 1.807) is 0 Å². The highest BCUT2D eigenvalue weighted by Gasteiger charge is 2.45. The second kappa shape index (κ2) is 5.28. The van der Waals surface area contributed by atoms with Gasteiger partial charge in [0, 0.05) is 0 Å². The van der Waals surface area contributed by atoms with Gasteiger partial charge in [0.2, 0.25) is 0 Å². The van der Waals surface area contributed by atoms with Crippen molar-refractivity contribution in [2.45, 2.75) is 44.6 Å². The molecule has 20 heavy (non-hydrogen) atoms. The summed E-state index contributed by atoms with van der Waals surface area (Å²) >= 11 is 6.38. The fraction of sp³-hybridized carbons (Fsp3) is 0.562. The van der Waals surface area contributed by atoms with Crippen LogP contribution in [0.4, 0.5) is 5.69 Å². The molecule has 1 aromatic rings. The lowest BCUT2D eigenvalue weighted by atomic mass is 9.75. The summed E-state index contributed by atoms with van der Waals surface area (Å²) in [6, 6.07) is 7.92. The maximum absolute atomic E-state index is 6.38. The average molecular weight is 292 g/mol. The number of para-hydroxylation sites is 1. The van der Waals surface area contributed by atoms with E-state index in [2.05, 4.69) is 16.8 Å². The monoisotopic (exact) mass is 291 g/mol. The van der Waals surface area contributed by atoms with Crippen LogP contribution in [0.2, 0.25) is 5.02 Å². The van der Waals surface area contributed by atoms with Crippen LogP contribution in [0, 0.1) is 5.92 Å². The van der Waals surface area contributed by atoms with E-state index < -0.39 is 0 Å². The van der Waals surface area contributed by atoms with Crippen LogP contribution in [0.25, 0.3) is 0 Å². The van der Waals surface area contributed by atoms with Crippen molar-refractivity contribution in [1.82, 2.24) is 0 Å². The highest BCUT2D eigenvalue weighted by molar-refractivity contribution is 6.34. The molecule has 0 aromatic heterocycles. The minimum absolute atomic E-state index is 0.0322.